The lowest BCUT2D eigenvalue weighted by Crippen LogP contribution is -2.10. The summed E-state index contributed by atoms with van der Waals surface area (Å²) in [6.45, 7) is 3.65. The largest absolute Gasteiger partial charge is 0.448 e. The maximum absolute atomic E-state index is 12.3. The van der Waals surface area contributed by atoms with Gasteiger partial charge in [-0.25, -0.2) is 9.78 Å². The number of aryl methyl sites for hydroxylation is 1. The first-order valence-electron chi connectivity index (χ1n) is 7.64. The van der Waals surface area contributed by atoms with Gasteiger partial charge in [0.05, 0.1) is 4.88 Å². The fourth-order valence-corrected chi connectivity index (χ4v) is 3.00. The van der Waals surface area contributed by atoms with E-state index in [1.165, 1.54) is 11.3 Å². The lowest BCUT2D eigenvalue weighted by Gasteiger charge is -2.07. The average Bonchev–Trinajstić information content (AvgIpc) is 3.33. The first kappa shape index (κ1) is 15.5. The van der Waals surface area contributed by atoms with Gasteiger partial charge in [0.2, 0.25) is 0 Å². The molecule has 0 amide bonds. The minimum Gasteiger partial charge on any atom is -0.448 e. The van der Waals surface area contributed by atoms with Gasteiger partial charge in [-0.3, -0.25) is 0 Å². The third-order valence-electron chi connectivity index (χ3n) is 3.63. The monoisotopic (exact) mass is 354 g/mol. The van der Waals surface area contributed by atoms with Gasteiger partial charge in [0, 0.05) is 12.4 Å². The molecule has 0 aliphatic rings. The van der Waals surface area contributed by atoms with Gasteiger partial charge in [0.15, 0.2) is 11.8 Å². The fraction of sp³-hybridized carbons (Fsp3) is 0.176. The Morgan fingerprint density at radius 1 is 1.36 bits per heavy atom. The molecule has 4 aromatic rings. The first-order chi connectivity index (χ1) is 12.1. The van der Waals surface area contributed by atoms with Crippen molar-refractivity contribution in [1.82, 2.24) is 19.6 Å². The molecule has 7 nitrogen and oxygen atoms in total. The van der Waals surface area contributed by atoms with E-state index in [-0.39, 0.29) is 11.6 Å². The first-order valence-corrected chi connectivity index (χ1v) is 8.52. The van der Waals surface area contributed by atoms with Crippen LogP contribution in [0.4, 0.5) is 0 Å². The van der Waals surface area contributed by atoms with Gasteiger partial charge in [-0.05, 0) is 43.0 Å². The molecule has 0 aliphatic carbocycles. The van der Waals surface area contributed by atoms with E-state index in [0.29, 0.717) is 11.5 Å². The van der Waals surface area contributed by atoms with Crippen molar-refractivity contribution in [2.45, 2.75) is 20.0 Å². The minimum absolute atomic E-state index is 0.232. The van der Waals surface area contributed by atoms with Crippen molar-refractivity contribution >= 4 is 23.0 Å². The van der Waals surface area contributed by atoms with Crippen LogP contribution in [0.15, 0.2) is 46.5 Å². The number of esters is 1. The molecule has 126 valence electrons. The topological polar surface area (TPSA) is 82.5 Å². The number of thiophene rings is 1. The summed E-state index contributed by atoms with van der Waals surface area (Å²) >= 11 is 1.50. The number of fused-ring (bicyclic) bond motifs is 1. The van der Waals surface area contributed by atoms with Gasteiger partial charge in [0.25, 0.3) is 11.8 Å². The number of carbonyl (C=O) groups is 1. The molecule has 0 spiro atoms. The van der Waals surface area contributed by atoms with Gasteiger partial charge in [0.1, 0.15) is 5.65 Å². The van der Waals surface area contributed by atoms with Crippen molar-refractivity contribution in [2.24, 2.45) is 0 Å². The zero-order valence-electron chi connectivity index (χ0n) is 13.5. The number of hydrogen-bond donors (Lipinski definition) is 0. The van der Waals surface area contributed by atoms with E-state index in [1.54, 1.807) is 17.5 Å². The molecule has 0 aliphatic heterocycles. The molecule has 0 fully saturated rings. The van der Waals surface area contributed by atoms with Crippen LogP contribution in [0.1, 0.15) is 35.0 Å². The highest BCUT2D eigenvalue weighted by atomic mass is 32.1. The van der Waals surface area contributed by atoms with Gasteiger partial charge >= 0.3 is 5.97 Å². The summed E-state index contributed by atoms with van der Waals surface area (Å²) < 4.78 is 12.8. The summed E-state index contributed by atoms with van der Waals surface area (Å²) in [5.74, 6) is 0.122. The summed E-state index contributed by atoms with van der Waals surface area (Å²) in [5.41, 5.74) is 1.99. The van der Waals surface area contributed by atoms with E-state index in [1.807, 2.05) is 42.8 Å². The van der Waals surface area contributed by atoms with Crippen molar-refractivity contribution < 1.29 is 13.9 Å². The Morgan fingerprint density at radius 3 is 3.04 bits per heavy atom. The van der Waals surface area contributed by atoms with Crippen LogP contribution in [-0.2, 0) is 4.74 Å². The Balaban J connectivity index is 1.51. The molecule has 4 aromatic heterocycles. The van der Waals surface area contributed by atoms with Crippen LogP contribution >= 0.6 is 11.3 Å². The second-order valence-corrected chi connectivity index (χ2v) is 6.51. The molecule has 0 saturated carbocycles. The molecular weight excluding hydrogens is 340 g/mol. The molecule has 0 N–H and O–H groups in total. The number of rotatable bonds is 4. The molecule has 0 bridgehead atoms. The summed E-state index contributed by atoms with van der Waals surface area (Å²) in [5, 5.41) is 9.87. The lowest BCUT2D eigenvalue weighted by molar-refractivity contribution is 0.0274. The van der Waals surface area contributed by atoms with E-state index in [0.717, 1.165) is 10.4 Å². The summed E-state index contributed by atoms with van der Waals surface area (Å²) in [6, 6.07) is 7.62. The second kappa shape index (κ2) is 6.14. The third kappa shape index (κ3) is 3.03. The van der Waals surface area contributed by atoms with Gasteiger partial charge in [-0.1, -0.05) is 6.07 Å². The summed E-state index contributed by atoms with van der Waals surface area (Å²) in [6.07, 6.45) is 2.82. The number of imidazole rings is 1. The molecule has 4 rings (SSSR count). The lowest BCUT2D eigenvalue weighted by atomic mass is 10.3. The van der Waals surface area contributed by atoms with Crippen LogP contribution in [0, 0.1) is 6.92 Å². The van der Waals surface area contributed by atoms with Crippen molar-refractivity contribution in [3.05, 3.63) is 59.2 Å². The van der Waals surface area contributed by atoms with Gasteiger partial charge in [-0.2, -0.15) is 0 Å². The number of nitrogens with zero attached hydrogens (tertiary/aromatic N) is 4. The molecule has 1 atom stereocenters. The Kier molecular flexibility index (Phi) is 3.81. The summed E-state index contributed by atoms with van der Waals surface area (Å²) in [7, 11) is 0. The maximum atomic E-state index is 12.3. The Hall–Kier alpha value is -3.00. The van der Waals surface area contributed by atoms with E-state index in [9.17, 15) is 4.79 Å². The standard InChI is InChI=1S/C17H14N4O3S/c1-10-5-6-21-9-12(18-14(21)8-10)17(22)23-11(2)15-19-20-16(24-15)13-4-3-7-25-13/h3-9,11H,1-2H3/t11-/m0/s1. The number of pyridine rings is 1. The normalized spacial score (nSPS) is 12.4. The van der Waals surface area contributed by atoms with Gasteiger partial charge < -0.3 is 13.6 Å². The van der Waals surface area contributed by atoms with Crippen LogP contribution in [0.2, 0.25) is 0 Å². The number of aromatic nitrogens is 4. The van der Waals surface area contributed by atoms with Gasteiger partial charge in [-0.15, -0.1) is 21.5 Å². The quantitative estimate of drug-likeness (QED) is 0.520. The zero-order chi connectivity index (χ0) is 17.4. The van der Waals surface area contributed by atoms with Crippen LogP contribution < -0.4 is 0 Å². The number of carbonyl (C=O) groups excluding carboxylic acids is 1. The van der Waals surface area contributed by atoms with E-state index in [2.05, 4.69) is 15.2 Å². The predicted octanol–water partition coefficient (Wildman–Crippen LogP) is 3.67. The Labute approximate surface area is 146 Å². The summed E-state index contributed by atoms with van der Waals surface area (Å²) in [4.78, 5) is 17.5. The number of hydrogen-bond acceptors (Lipinski definition) is 7. The number of ether oxygens (including phenoxy) is 1. The molecule has 0 unspecified atom stereocenters. The minimum atomic E-state index is -0.666. The second-order valence-electron chi connectivity index (χ2n) is 5.57. The van der Waals surface area contributed by atoms with E-state index < -0.39 is 12.1 Å². The van der Waals surface area contributed by atoms with Crippen molar-refractivity contribution in [3.8, 4) is 10.8 Å². The Morgan fingerprint density at radius 2 is 2.24 bits per heavy atom. The van der Waals surface area contributed by atoms with E-state index in [4.69, 9.17) is 9.15 Å². The zero-order valence-corrected chi connectivity index (χ0v) is 14.4. The van der Waals surface area contributed by atoms with Crippen LogP contribution in [0.25, 0.3) is 16.4 Å². The smallest absolute Gasteiger partial charge is 0.359 e. The molecule has 4 heterocycles. The predicted molar refractivity (Wildman–Crippen MR) is 91.4 cm³/mol. The maximum Gasteiger partial charge on any atom is 0.359 e. The van der Waals surface area contributed by atoms with Crippen molar-refractivity contribution in [1.29, 1.82) is 0 Å². The van der Waals surface area contributed by atoms with Crippen LogP contribution in [-0.4, -0.2) is 25.6 Å². The highest BCUT2D eigenvalue weighted by Gasteiger charge is 2.21. The van der Waals surface area contributed by atoms with Crippen molar-refractivity contribution in [2.75, 3.05) is 0 Å². The highest BCUT2D eigenvalue weighted by molar-refractivity contribution is 7.13. The molecule has 8 heteroatoms. The van der Waals surface area contributed by atoms with E-state index >= 15 is 0 Å². The molecule has 25 heavy (non-hydrogen) atoms. The molecule has 0 aromatic carbocycles. The van der Waals surface area contributed by atoms with Crippen molar-refractivity contribution in [3.63, 3.8) is 0 Å². The molecular formula is C17H14N4O3S. The van der Waals surface area contributed by atoms with Crippen LogP contribution in [0.5, 0.6) is 0 Å². The highest BCUT2D eigenvalue weighted by Crippen LogP contribution is 2.26. The average molecular weight is 354 g/mol. The molecule has 0 saturated heterocycles. The SMILES string of the molecule is Cc1ccn2cc(C(=O)O[C@@H](C)c3nnc(-c4cccs4)o3)nc2c1. The third-order valence-corrected chi connectivity index (χ3v) is 4.49. The fourth-order valence-electron chi connectivity index (χ4n) is 2.35. The Bertz CT molecular complexity index is 1040. The molecule has 0 radical (unpaired) electrons. The van der Waals surface area contributed by atoms with Crippen LogP contribution in [0.3, 0.4) is 0 Å².